The molecule has 0 aromatic heterocycles. The molecule has 0 amide bonds. The van der Waals surface area contributed by atoms with Gasteiger partial charge in [-0.15, -0.1) is 0 Å². The topological polar surface area (TPSA) is 72.5 Å². The number of esters is 1. The van der Waals surface area contributed by atoms with Crippen LogP contribution in [0, 0.1) is 0 Å². The Morgan fingerprint density at radius 2 is 1.81 bits per heavy atom. The zero-order valence-electron chi connectivity index (χ0n) is 12.2. The molecule has 0 spiro atoms. The van der Waals surface area contributed by atoms with E-state index < -0.39 is 16.0 Å². The molecule has 21 heavy (non-hydrogen) atoms. The first-order valence-corrected chi connectivity index (χ1v) is 8.82. The minimum Gasteiger partial charge on any atom is -0.465 e. The van der Waals surface area contributed by atoms with Crippen molar-refractivity contribution in [2.75, 3.05) is 7.11 Å². The number of carbonyl (C=O) groups is 1. The molecular weight excluding hydrogens is 290 g/mol. The molecule has 1 aliphatic rings. The first-order chi connectivity index (χ1) is 10.00. The smallest absolute Gasteiger partial charge is 0.337 e. The first kappa shape index (κ1) is 16.0. The van der Waals surface area contributed by atoms with E-state index in [1.807, 2.05) is 0 Å². The van der Waals surface area contributed by atoms with Crippen LogP contribution in [0.25, 0.3) is 0 Å². The van der Waals surface area contributed by atoms with E-state index in [1.54, 1.807) is 24.3 Å². The molecule has 0 heterocycles. The van der Waals surface area contributed by atoms with Crippen LogP contribution in [-0.2, 0) is 20.5 Å². The van der Waals surface area contributed by atoms with Crippen molar-refractivity contribution in [3.05, 3.63) is 35.4 Å². The second-order valence-corrected chi connectivity index (χ2v) is 7.15. The van der Waals surface area contributed by atoms with E-state index in [-0.39, 0.29) is 11.8 Å². The summed E-state index contributed by atoms with van der Waals surface area (Å²) in [5.41, 5.74) is 1.07. The van der Waals surface area contributed by atoms with Gasteiger partial charge >= 0.3 is 5.97 Å². The Balaban J connectivity index is 1.97. The van der Waals surface area contributed by atoms with Gasteiger partial charge in [0.15, 0.2) is 0 Å². The Hall–Kier alpha value is -1.40. The summed E-state index contributed by atoms with van der Waals surface area (Å²) in [4.78, 5) is 11.3. The zero-order valence-corrected chi connectivity index (χ0v) is 13.0. The molecule has 0 aliphatic heterocycles. The predicted octanol–water partition coefficient (Wildman–Crippen LogP) is 2.23. The Morgan fingerprint density at radius 1 is 1.19 bits per heavy atom. The fourth-order valence-electron chi connectivity index (χ4n) is 2.59. The summed E-state index contributed by atoms with van der Waals surface area (Å²) in [6.45, 7) is 0. The maximum atomic E-state index is 12.1. The van der Waals surface area contributed by atoms with Gasteiger partial charge in [0.05, 0.1) is 18.4 Å². The highest BCUT2D eigenvalue weighted by Gasteiger charge is 2.20. The third-order valence-electron chi connectivity index (χ3n) is 3.68. The fourth-order valence-corrected chi connectivity index (χ4v) is 4.05. The van der Waals surface area contributed by atoms with Crippen LogP contribution in [0.5, 0.6) is 0 Å². The highest BCUT2D eigenvalue weighted by Crippen LogP contribution is 2.19. The lowest BCUT2D eigenvalue weighted by Crippen LogP contribution is -2.36. The first-order valence-electron chi connectivity index (χ1n) is 7.17. The molecule has 1 aromatic rings. The molecule has 2 rings (SSSR count). The van der Waals surface area contributed by atoms with Gasteiger partial charge in [-0.25, -0.2) is 17.9 Å². The van der Waals surface area contributed by atoms with Crippen LogP contribution in [0.3, 0.4) is 0 Å². The van der Waals surface area contributed by atoms with Crippen LogP contribution in [0.15, 0.2) is 24.3 Å². The van der Waals surface area contributed by atoms with Gasteiger partial charge in [-0.05, 0) is 30.5 Å². The number of carbonyl (C=O) groups excluding carboxylic acids is 1. The number of ether oxygens (including phenoxy) is 1. The van der Waals surface area contributed by atoms with Gasteiger partial charge in [-0.3, -0.25) is 0 Å². The van der Waals surface area contributed by atoms with Crippen molar-refractivity contribution in [1.29, 1.82) is 0 Å². The third kappa shape index (κ3) is 4.82. The molecular formula is C15H21NO4S. The molecule has 1 fully saturated rings. The van der Waals surface area contributed by atoms with Crippen molar-refractivity contribution in [3.8, 4) is 0 Å². The van der Waals surface area contributed by atoms with Gasteiger partial charge in [0.2, 0.25) is 10.0 Å². The maximum absolute atomic E-state index is 12.1. The van der Waals surface area contributed by atoms with Crippen LogP contribution in [0.1, 0.15) is 48.0 Å². The highest BCUT2D eigenvalue weighted by atomic mass is 32.2. The fraction of sp³-hybridized carbons (Fsp3) is 0.533. The Bertz CT molecular complexity index is 574. The van der Waals surface area contributed by atoms with Crippen LogP contribution in [0.4, 0.5) is 0 Å². The van der Waals surface area contributed by atoms with E-state index in [9.17, 15) is 13.2 Å². The molecule has 6 heteroatoms. The number of benzene rings is 1. The molecule has 0 saturated heterocycles. The summed E-state index contributed by atoms with van der Waals surface area (Å²) in [7, 11) is -2.02. The van der Waals surface area contributed by atoms with Crippen molar-refractivity contribution >= 4 is 16.0 Å². The van der Waals surface area contributed by atoms with Crippen LogP contribution in [0.2, 0.25) is 0 Å². The van der Waals surface area contributed by atoms with Gasteiger partial charge in [0.1, 0.15) is 0 Å². The van der Waals surface area contributed by atoms with E-state index in [4.69, 9.17) is 0 Å². The lowest BCUT2D eigenvalue weighted by molar-refractivity contribution is 0.0600. The summed E-state index contributed by atoms with van der Waals surface area (Å²) in [5, 5.41) is 0. The Morgan fingerprint density at radius 3 is 2.38 bits per heavy atom. The van der Waals surface area contributed by atoms with Crippen molar-refractivity contribution in [2.45, 2.75) is 43.9 Å². The van der Waals surface area contributed by atoms with Gasteiger partial charge < -0.3 is 4.74 Å². The summed E-state index contributed by atoms with van der Waals surface area (Å²) in [6, 6.07) is 6.52. The van der Waals surface area contributed by atoms with Gasteiger partial charge in [-0.1, -0.05) is 31.4 Å². The zero-order chi connectivity index (χ0) is 15.3. The summed E-state index contributed by atoms with van der Waals surface area (Å²) < 4.78 is 31.7. The molecule has 0 radical (unpaired) electrons. The van der Waals surface area contributed by atoms with E-state index in [2.05, 4.69) is 9.46 Å². The lowest BCUT2D eigenvalue weighted by atomic mass is 9.96. The SMILES string of the molecule is COC(=O)c1ccc(CS(=O)(=O)NC2CCCCC2)cc1. The summed E-state index contributed by atoms with van der Waals surface area (Å²) in [6.07, 6.45) is 5.19. The third-order valence-corrected chi connectivity index (χ3v) is 5.09. The molecule has 1 aromatic carbocycles. The summed E-state index contributed by atoms with van der Waals surface area (Å²) in [5.74, 6) is -0.491. The largest absolute Gasteiger partial charge is 0.465 e. The van der Waals surface area contributed by atoms with E-state index >= 15 is 0 Å². The van der Waals surface area contributed by atoms with Crippen molar-refractivity contribution < 1.29 is 17.9 Å². The number of nitrogens with one attached hydrogen (secondary N) is 1. The molecule has 5 nitrogen and oxygen atoms in total. The minimum atomic E-state index is -3.34. The standard InChI is InChI=1S/C15H21NO4S/c1-20-15(17)13-9-7-12(8-10-13)11-21(18,19)16-14-5-3-2-4-6-14/h7-10,14,16H,2-6,11H2,1H3. The Labute approximate surface area is 125 Å². The number of hydrogen-bond acceptors (Lipinski definition) is 4. The average molecular weight is 311 g/mol. The van der Waals surface area contributed by atoms with Gasteiger partial charge in [0.25, 0.3) is 0 Å². The maximum Gasteiger partial charge on any atom is 0.337 e. The van der Waals surface area contributed by atoms with E-state index in [0.29, 0.717) is 11.1 Å². The van der Waals surface area contributed by atoms with Gasteiger partial charge in [-0.2, -0.15) is 0 Å². The van der Waals surface area contributed by atoms with Crippen LogP contribution >= 0.6 is 0 Å². The molecule has 1 N–H and O–H groups in total. The number of rotatable bonds is 5. The number of methoxy groups -OCH3 is 1. The van der Waals surface area contributed by atoms with Crippen LogP contribution < -0.4 is 4.72 Å². The van der Waals surface area contributed by atoms with Crippen molar-refractivity contribution in [3.63, 3.8) is 0 Å². The number of hydrogen-bond donors (Lipinski definition) is 1. The normalized spacial score (nSPS) is 16.6. The van der Waals surface area contributed by atoms with Crippen LogP contribution in [-0.4, -0.2) is 27.5 Å². The monoisotopic (exact) mass is 311 g/mol. The molecule has 116 valence electrons. The van der Waals surface area contributed by atoms with E-state index in [1.165, 1.54) is 13.5 Å². The molecule has 0 bridgehead atoms. The lowest BCUT2D eigenvalue weighted by Gasteiger charge is -2.22. The van der Waals surface area contributed by atoms with E-state index in [0.717, 1.165) is 25.7 Å². The minimum absolute atomic E-state index is 0.0645. The van der Waals surface area contributed by atoms with Crippen molar-refractivity contribution in [1.82, 2.24) is 4.72 Å². The Kier molecular flexibility index (Phi) is 5.36. The second-order valence-electron chi connectivity index (χ2n) is 5.40. The highest BCUT2D eigenvalue weighted by molar-refractivity contribution is 7.88. The molecule has 1 saturated carbocycles. The molecule has 0 atom stereocenters. The van der Waals surface area contributed by atoms with Gasteiger partial charge in [0, 0.05) is 6.04 Å². The summed E-state index contributed by atoms with van der Waals surface area (Å²) >= 11 is 0. The van der Waals surface area contributed by atoms with Crippen molar-refractivity contribution in [2.24, 2.45) is 0 Å². The number of sulfonamides is 1. The molecule has 0 unspecified atom stereocenters. The average Bonchev–Trinajstić information content (AvgIpc) is 2.47. The predicted molar refractivity (Wildman–Crippen MR) is 80.4 cm³/mol. The molecule has 1 aliphatic carbocycles. The quantitative estimate of drug-likeness (QED) is 0.846. The second kappa shape index (κ2) is 7.04.